The Morgan fingerprint density at radius 2 is 1.90 bits per heavy atom. The van der Waals surface area contributed by atoms with Crippen molar-refractivity contribution in [3.05, 3.63) is 0 Å². The van der Waals surface area contributed by atoms with E-state index in [0.717, 1.165) is 6.54 Å². The zero-order chi connectivity index (χ0) is 6.81. The molecular formula is C8H15N2. The van der Waals surface area contributed by atoms with E-state index >= 15 is 0 Å². The molecule has 2 heteroatoms. The molecule has 57 valence electrons. The van der Waals surface area contributed by atoms with Gasteiger partial charge in [-0.05, 0) is 38.8 Å². The molecule has 1 unspecified atom stereocenters. The van der Waals surface area contributed by atoms with Crippen LogP contribution < -0.4 is 5.32 Å². The van der Waals surface area contributed by atoms with E-state index in [9.17, 15) is 0 Å². The number of rotatable bonds is 1. The summed E-state index contributed by atoms with van der Waals surface area (Å²) in [6, 6.07) is 0. The summed E-state index contributed by atoms with van der Waals surface area (Å²) in [5.41, 5.74) is 0. The number of hydrogen-bond acceptors (Lipinski definition) is 1. The van der Waals surface area contributed by atoms with Crippen LogP contribution in [0.3, 0.4) is 0 Å². The molecule has 0 aromatic heterocycles. The lowest BCUT2D eigenvalue weighted by Gasteiger charge is -2.21. The molecule has 0 aliphatic carbocycles. The zero-order valence-corrected chi connectivity index (χ0v) is 6.42. The predicted molar refractivity (Wildman–Crippen MR) is 40.8 cm³/mol. The summed E-state index contributed by atoms with van der Waals surface area (Å²) in [5.74, 6) is 0. The maximum Gasteiger partial charge on any atom is 0.0761 e. The second-order valence-corrected chi connectivity index (χ2v) is 3.27. The molecule has 0 aromatic carbocycles. The number of likely N-dealkylation sites (tertiary alicyclic amines) is 1. The lowest BCUT2D eigenvalue weighted by molar-refractivity contribution is 0.222. The van der Waals surface area contributed by atoms with Gasteiger partial charge in [-0.1, -0.05) is 0 Å². The quantitative estimate of drug-likeness (QED) is 0.525. The van der Waals surface area contributed by atoms with Crippen LogP contribution in [0.5, 0.6) is 0 Å². The zero-order valence-electron chi connectivity index (χ0n) is 6.42. The minimum Gasteiger partial charge on any atom is -0.287 e. The fourth-order valence-corrected chi connectivity index (χ4v) is 1.94. The lowest BCUT2D eigenvalue weighted by Crippen LogP contribution is -2.35. The Hall–Kier alpha value is -0.0800. The highest BCUT2D eigenvalue weighted by Gasteiger charge is 2.24. The van der Waals surface area contributed by atoms with Crippen LogP contribution in [0, 0.1) is 0 Å². The summed E-state index contributed by atoms with van der Waals surface area (Å²) in [5, 5.41) is 4.54. The van der Waals surface area contributed by atoms with E-state index < -0.39 is 0 Å². The van der Waals surface area contributed by atoms with Crippen molar-refractivity contribution in [3.63, 3.8) is 0 Å². The van der Waals surface area contributed by atoms with Crippen LogP contribution in [0.4, 0.5) is 0 Å². The third-order valence-corrected chi connectivity index (χ3v) is 2.52. The number of hydrogen-bond donors (Lipinski definition) is 0. The molecule has 2 heterocycles. The lowest BCUT2D eigenvalue weighted by atomic mass is 10.3. The maximum absolute atomic E-state index is 4.54. The van der Waals surface area contributed by atoms with Crippen molar-refractivity contribution >= 4 is 0 Å². The van der Waals surface area contributed by atoms with Crippen molar-refractivity contribution < 1.29 is 0 Å². The first-order valence-corrected chi connectivity index (χ1v) is 4.37. The molecule has 0 aromatic rings. The van der Waals surface area contributed by atoms with Crippen LogP contribution in [-0.2, 0) is 0 Å². The van der Waals surface area contributed by atoms with Crippen molar-refractivity contribution in [2.45, 2.75) is 31.8 Å². The monoisotopic (exact) mass is 139 g/mol. The van der Waals surface area contributed by atoms with Crippen LogP contribution in [0.15, 0.2) is 0 Å². The summed E-state index contributed by atoms with van der Waals surface area (Å²) in [6.07, 6.45) is 6.04. The Labute approximate surface area is 62.6 Å². The summed E-state index contributed by atoms with van der Waals surface area (Å²) in [6.45, 7) is 3.71. The molecule has 2 saturated heterocycles. The van der Waals surface area contributed by atoms with Crippen LogP contribution in [-0.4, -0.2) is 30.7 Å². The molecular weight excluding hydrogens is 124 g/mol. The van der Waals surface area contributed by atoms with Crippen LogP contribution in [0.2, 0.25) is 0 Å². The molecule has 2 fully saturated rings. The first-order chi connectivity index (χ1) is 4.97. The smallest absolute Gasteiger partial charge is 0.0761 e. The van der Waals surface area contributed by atoms with Gasteiger partial charge in [-0.2, -0.15) is 0 Å². The maximum atomic E-state index is 4.54. The van der Waals surface area contributed by atoms with Crippen LogP contribution in [0.1, 0.15) is 25.7 Å². The standard InChI is InChI=1S/C8H15N2/c1-2-7-10(6-1)8-4-3-5-9-8/h8H,1-7H2. The molecule has 0 amide bonds. The van der Waals surface area contributed by atoms with Gasteiger partial charge >= 0.3 is 0 Å². The molecule has 2 rings (SSSR count). The van der Waals surface area contributed by atoms with Gasteiger partial charge < -0.3 is 0 Å². The topological polar surface area (TPSA) is 17.3 Å². The molecule has 1 radical (unpaired) electrons. The highest BCUT2D eigenvalue weighted by atomic mass is 15.3. The summed E-state index contributed by atoms with van der Waals surface area (Å²) < 4.78 is 0. The number of nitrogens with zero attached hydrogens (tertiary/aromatic N) is 2. The molecule has 10 heavy (non-hydrogen) atoms. The second-order valence-electron chi connectivity index (χ2n) is 3.27. The Morgan fingerprint density at radius 1 is 1.10 bits per heavy atom. The third-order valence-electron chi connectivity index (χ3n) is 2.52. The van der Waals surface area contributed by atoms with Gasteiger partial charge in [-0.3, -0.25) is 4.90 Å². The van der Waals surface area contributed by atoms with E-state index in [1.807, 2.05) is 0 Å². The van der Waals surface area contributed by atoms with Gasteiger partial charge in [-0.15, -0.1) is 0 Å². The Bertz CT molecular complexity index is 87.8. The minimum absolute atomic E-state index is 0.613. The molecule has 0 spiro atoms. The van der Waals surface area contributed by atoms with Gasteiger partial charge in [0.1, 0.15) is 0 Å². The van der Waals surface area contributed by atoms with Crippen LogP contribution in [0.25, 0.3) is 0 Å². The van der Waals surface area contributed by atoms with Crippen molar-refractivity contribution in [2.24, 2.45) is 0 Å². The van der Waals surface area contributed by atoms with Gasteiger partial charge in [0.15, 0.2) is 0 Å². The Kier molecular flexibility index (Phi) is 1.91. The summed E-state index contributed by atoms with van der Waals surface area (Å²) >= 11 is 0. The molecule has 0 saturated carbocycles. The Morgan fingerprint density at radius 3 is 2.50 bits per heavy atom. The van der Waals surface area contributed by atoms with E-state index in [1.165, 1.54) is 38.8 Å². The normalized spacial score (nSPS) is 35.4. The van der Waals surface area contributed by atoms with E-state index in [-0.39, 0.29) is 0 Å². The molecule has 2 nitrogen and oxygen atoms in total. The van der Waals surface area contributed by atoms with Gasteiger partial charge in [0, 0.05) is 6.54 Å². The first-order valence-electron chi connectivity index (χ1n) is 4.37. The summed E-state index contributed by atoms with van der Waals surface area (Å²) in [7, 11) is 0. The van der Waals surface area contributed by atoms with E-state index in [4.69, 9.17) is 0 Å². The minimum atomic E-state index is 0.613. The van der Waals surface area contributed by atoms with Gasteiger partial charge in [0.05, 0.1) is 6.17 Å². The van der Waals surface area contributed by atoms with E-state index in [2.05, 4.69) is 10.2 Å². The highest BCUT2D eigenvalue weighted by Crippen LogP contribution is 2.17. The third kappa shape index (κ3) is 1.18. The molecule has 1 atom stereocenters. The average Bonchev–Trinajstić information content (AvgIpc) is 2.59. The van der Waals surface area contributed by atoms with Gasteiger partial charge in [0.2, 0.25) is 0 Å². The van der Waals surface area contributed by atoms with Crippen LogP contribution >= 0.6 is 0 Å². The van der Waals surface area contributed by atoms with Crippen molar-refractivity contribution in [3.8, 4) is 0 Å². The average molecular weight is 139 g/mol. The highest BCUT2D eigenvalue weighted by molar-refractivity contribution is 4.78. The van der Waals surface area contributed by atoms with Crippen molar-refractivity contribution in [1.29, 1.82) is 0 Å². The largest absolute Gasteiger partial charge is 0.287 e. The van der Waals surface area contributed by atoms with Crippen molar-refractivity contribution in [1.82, 2.24) is 10.2 Å². The molecule has 0 N–H and O–H groups in total. The Balaban J connectivity index is 1.85. The van der Waals surface area contributed by atoms with Gasteiger partial charge in [-0.25, -0.2) is 5.32 Å². The fraction of sp³-hybridized carbons (Fsp3) is 1.00. The van der Waals surface area contributed by atoms with E-state index in [1.54, 1.807) is 0 Å². The SMILES string of the molecule is C1C[N]C(N2CCCC2)C1. The van der Waals surface area contributed by atoms with Crippen molar-refractivity contribution in [2.75, 3.05) is 19.6 Å². The summed E-state index contributed by atoms with van der Waals surface area (Å²) in [4.78, 5) is 2.53. The predicted octanol–water partition coefficient (Wildman–Crippen LogP) is 0.806. The second kappa shape index (κ2) is 2.89. The van der Waals surface area contributed by atoms with E-state index in [0.29, 0.717) is 6.17 Å². The molecule has 2 aliphatic rings. The first kappa shape index (κ1) is 6.62. The fourth-order valence-electron chi connectivity index (χ4n) is 1.94. The van der Waals surface area contributed by atoms with Gasteiger partial charge in [0.25, 0.3) is 0 Å². The molecule has 2 aliphatic heterocycles. The molecule has 0 bridgehead atoms.